The van der Waals surface area contributed by atoms with Gasteiger partial charge in [-0.1, -0.05) is 12.1 Å². The van der Waals surface area contributed by atoms with Gasteiger partial charge in [0.1, 0.15) is 5.76 Å². The molecule has 2 N–H and O–H groups in total. The number of benzene rings is 1. The fraction of sp³-hybridized carbons (Fsp3) is 0.312. The molecule has 0 aliphatic rings. The summed E-state index contributed by atoms with van der Waals surface area (Å²) in [5, 5.41) is 6.32. The molecule has 0 saturated heterocycles. The van der Waals surface area contributed by atoms with Gasteiger partial charge in [0.2, 0.25) is 0 Å². The average molecular weight is 335 g/mol. The second-order valence-electron chi connectivity index (χ2n) is 5.23. The molecule has 6 nitrogen and oxygen atoms in total. The normalized spacial score (nSPS) is 12.2. The predicted octanol–water partition coefficient (Wildman–Crippen LogP) is 1.86. The Kier molecular flexibility index (Phi) is 5.44. The molecule has 124 valence electrons. The minimum absolute atomic E-state index is 0.363. The lowest BCUT2D eigenvalue weighted by atomic mass is 10.1. The van der Waals surface area contributed by atoms with Gasteiger partial charge in [0.05, 0.1) is 17.7 Å². The van der Waals surface area contributed by atoms with Gasteiger partial charge in [-0.2, -0.15) is 0 Å². The number of nitrogens with zero attached hydrogens (tertiary/aromatic N) is 1. The van der Waals surface area contributed by atoms with E-state index in [9.17, 15) is 8.42 Å². The first-order valence-corrected chi connectivity index (χ1v) is 9.06. The number of aryl methyl sites for hydroxylation is 1. The molecular formula is C16H21N3O3S. The van der Waals surface area contributed by atoms with Crippen LogP contribution >= 0.6 is 0 Å². The molecule has 0 saturated carbocycles. The fourth-order valence-corrected chi connectivity index (χ4v) is 3.19. The van der Waals surface area contributed by atoms with Crippen molar-refractivity contribution >= 4 is 15.8 Å². The summed E-state index contributed by atoms with van der Waals surface area (Å²) in [6.45, 7) is 2.88. The maximum atomic E-state index is 11.6. The Morgan fingerprint density at radius 3 is 2.52 bits per heavy atom. The van der Waals surface area contributed by atoms with Crippen molar-refractivity contribution in [1.82, 2.24) is 10.6 Å². The van der Waals surface area contributed by atoms with E-state index >= 15 is 0 Å². The molecule has 7 heteroatoms. The first kappa shape index (κ1) is 17.1. The van der Waals surface area contributed by atoms with E-state index in [-0.39, 0.29) is 0 Å². The van der Waals surface area contributed by atoms with Crippen molar-refractivity contribution in [3.63, 3.8) is 0 Å². The minimum atomic E-state index is -3.19. The lowest BCUT2D eigenvalue weighted by Crippen LogP contribution is -2.36. The van der Waals surface area contributed by atoms with Crippen LogP contribution in [0, 0.1) is 6.92 Å². The van der Waals surface area contributed by atoms with Crippen molar-refractivity contribution < 1.29 is 12.8 Å². The molecule has 0 fully saturated rings. The number of aliphatic imine (C=N–C) groups is 1. The number of sulfone groups is 1. The Morgan fingerprint density at radius 2 is 1.96 bits per heavy atom. The zero-order valence-electron chi connectivity index (χ0n) is 13.5. The molecule has 0 amide bonds. The van der Waals surface area contributed by atoms with Gasteiger partial charge in [0.15, 0.2) is 15.8 Å². The summed E-state index contributed by atoms with van der Waals surface area (Å²) < 4.78 is 28.5. The summed E-state index contributed by atoms with van der Waals surface area (Å²) in [5.74, 6) is 1.47. The van der Waals surface area contributed by atoms with Crippen molar-refractivity contribution in [2.45, 2.75) is 24.9 Å². The van der Waals surface area contributed by atoms with E-state index in [4.69, 9.17) is 4.42 Å². The molecule has 1 heterocycles. The Balaban J connectivity index is 1.95. The second kappa shape index (κ2) is 7.32. The number of hydrogen-bond donors (Lipinski definition) is 2. The van der Waals surface area contributed by atoms with Crippen molar-refractivity contribution in [2.75, 3.05) is 13.3 Å². The highest BCUT2D eigenvalue weighted by Gasteiger charge is 2.11. The summed E-state index contributed by atoms with van der Waals surface area (Å²) in [4.78, 5) is 4.50. The lowest BCUT2D eigenvalue weighted by molar-refractivity contribution is 0.501. The van der Waals surface area contributed by atoms with Gasteiger partial charge < -0.3 is 15.1 Å². The molecule has 23 heavy (non-hydrogen) atoms. The van der Waals surface area contributed by atoms with E-state index in [1.807, 2.05) is 18.2 Å². The first-order valence-electron chi connectivity index (χ1n) is 7.16. The Morgan fingerprint density at radius 1 is 1.22 bits per heavy atom. The van der Waals surface area contributed by atoms with Crippen LogP contribution in [0.4, 0.5) is 0 Å². The van der Waals surface area contributed by atoms with Crippen molar-refractivity contribution in [2.24, 2.45) is 4.99 Å². The topological polar surface area (TPSA) is 83.7 Å². The third kappa shape index (κ3) is 4.85. The van der Waals surface area contributed by atoms with Crippen molar-refractivity contribution in [1.29, 1.82) is 0 Å². The Hall–Kier alpha value is -2.28. The van der Waals surface area contributed by atoms with E-state index in [0.29, 0.717) is 23.9 Å². The van der Waals surface area contributed by atoms with Crippen LogP contribution in [0.25, 0.3) is 0 Å². The smallest absolute Gasteiger partial charge is 0.191 e. The molecule has 0 unspecified atom stereocenters. The van der Waals surface area contributed by atoms with E-state index in [1.165, 1.54) is 6.26 Å². The molecule has 2 rings (SSSR count). The van der Waals surface area contributed by atoms with E-state index in [1.54, 1.807) is 32.4 Å². The standard InChI is InChI=1S/C16H21N3O3S/c1-12-9-13(6-7-15(12)23(3,20)21)10-18-16(17-2)19-11-14-5-4-8-22-14/h4-9H,10-11H2,1-3H3,(H2,17,18,19). The molecule has 0 spiro atoms. The molecule has 0 atom stereocenters. The van der Waals surface area contributed by atoms with Crippen LogP contribution in [0.15, 0.2) is 50.9 Å². The molecule has 1 aromatic carbocycles. The van der Waals surface area contributed by atoms with Gasteiger partial charge in [0, 0.05) is 19.8 Å². The van der Waals surface area contributed by atoms with Crippen molar-refractivity contribution in [3.05, 3.63) is 53.5 Å². The molecular weight excluding hydrogens is 314 g/mol. The van der Waals surface area contributed by atoms with Gasteiger partial charge in [-0.15, -0.1) is 0 Å². The summed E-state index contributed by atoms with van der Waals surface area (Å²) in [6, 6.07) is 9.02. The Bertz CT molecular complexity index is 781. The molecule has 0 bridgehead atoms. The van der Waals surface area contributed by atoms with Crippen molar-refractivity contribution in [3.8, 4) is 0 Å². The third-order valence-corrected chi connectivity index (χ3v) is 4.59. The van der Waals surface area contributed by atoms with Gasteiger partial charge in [-0.05, 0) is 36.2 Å². The van der Waals surface area contributed by atoms with Crippen LogP contribution in [0.1, 0.15) is 16.9 Å². The van der Waals surface area contributed by atoms with Crippen LogP contribution in [0.2, 0.25) is 0 Å². The van der Waals surface area contributed by atoms with Crippen LogP contribution in [-0.2, 0) is 22.9 Å². The van der Waals surface area contributed by atoms with Gasteiger partial charge in [0.25, 0.3) is 0 Å². The van der Waals surface area contributed by atoms with Gasteiger partial charge >= 0.3 is 0 Å². The summed E-state index contributed by atoms with van der Waals surface area (Å²) in [5.41, 5.74) is 1.72. The lowest BCUT2D eigenvalue weighted by Gasteiger charge is -2.12. The molecule has 0 aliphatic heterocycles. The maximum Gasteiger partial charge on any atom is 0.191 e. The summed E-state index contributed by atoms with van der Waals surface area (Å²) >= 11 is 0. The van der Waals surface area contributed by atoms with Crippen LogP contribution < -0.4 is 10.6 Å². The van der Waals surface area contributed by atoms with E-state index in [0.717, 1.165) is 16.9 Å². The number of rotatable bonds is 5. The minimum Gasteiger partial charge on any atom is -0.467 e. The number of furan rings is 1. The van der Waals surface area contributed by atoms with Crippen LogP contribution in [0.3, 0.4) is 0 Å². The third-order valence-electron chi connectivity index (χ3n) is 3.33. The van der Waals surface area contributed by atoms with Gasteiger partial charge in [-0.3, -0.25) is 4.99 Å². The number of hydrogen-bond acceptors (Lipinski definition) is 4. The molecule has 2 aromatic rings. The van der Waals surface area contributed by atoms with E-state index in [2.05, 4.69) is 15.6 Å². The summed E-state index contributed by atoms with van der Waals surface area (Å²) in [7, 11) is -1.50. The van der Waals surface area contributed by atoms with E-state index < -0.39 is 9.84 Å². The Labute approximate surface area is 136 Å². The zero-order chi connectivity index (χ0) is 16.9. The highest BCUT2D eigenvalue weighted by Crippen LogP contribution is 2.16. The zero-order valence-corrected chi connectivity index (χ0v) is 14.3. The van der Waals surface area contributed by atoms with Crippen LogP contribution in [0.5, 0.6) is 0 Å². The highest BCUT2D eigenvalue weighted by molar-refractivity contribution is 7.90. The summed E-state index contributed by atoms with van der Waals surface area (Å²) in [6.07, 6.45) is 2.84. The number of guanidine groups is 1. The first-order chi connectivity index (χ1) is 10.9. The van der Waals surface area contributed by atoms with Crippen LogP contribution in [-0.4, -0.2) is 27.7 Å². The van der Waals surface area contributed by atoms with Gasteiger partial charge in [-0.25, -0.2) is 8.42 Å². The monoisotopic (exact) mass is 335 g/mol. The highest BCUT2D eigenvalue weighted by atomic mass is 32.2. The average Bonchev–Trinajstić information content (AvgIpc) is 2.99. The molecule has 0 aliphatic carbocycles. The molecule has 1 aromatic heterocycles. The quantitative estimate of drug-likeness (QED) is 0.644. The fourth-order valence-electron chi connectivity index (χ4n) is 2.23. The SMILES string of the molecule is CN=C(NCc1ccc(S(C)(=O)=O)c(C)c1)NCc1ccco1. The second-order valence-corrected chi connectivity index (χ2v) is 7.21. The largest absolute Gasteiger partial charge is 0.467 e. The predicted molar refractivity (Wildman–Crippen MR) is 90.0 cm³/mol. The maximum absolute atomic E-state index is 11.6. The molecule has 0 radical (unpaired) electrons. The number of nitrogens with one attached hydrogen (secondary N) is 2.